The second-order valence-electron chi connectivity index (χ2n) is 11.2. The lowest BCUT2D eigenvalue weighted by Gasteiger charge is -2.49. The molecule has 3 fully saturated rings. The predicted octanol–water partition coefficient (Wildman–Crippen LogP) is 0.409. The molecule has 232 valence electrons. The van der Waals surface area contributed by atoms with Gasteiger partial charge in [0.1, 0.15) is 24.4 Å². The van der Waals surface area contributed by atoms with Crippen LogP contribution in [-0.2, 0) is 34.0 Å². The van der Waals surface area contributed by atoms with Gasteiger partial charge in [0.05, 0.1) is 45.0 Å². The van der Waals surface area contributed by atoms with Crippen LogP contribution in [0.25, 0.3) is 0 Å². The van der Waals surface area contributed by atoms with E-state index in [2.05, 4.69) is 0 Å². The summed E-state index contributed by atoms with van der Waals surface area (Å²) in [6.07, 6.45) is -7.10. The zero-order chi connectivity index (χ0) is 30.2. The quantitative estimate of drug-likeness (QED) is 0.344. The SMILES string of the molecule is COc1cc(C2(N)c3cc4c(cc3C(OC3OC5COC(C)OC5C(O)C3O)C3COC(=O)C32)OCO4)cc(OC)c1O. The first-order valence-electron chi connectivity index (χ1n) is 13.9. The van der Waals surface area contributed by atoms with E-state index in [0.717, 1.165) is 0 Å². The van der Waals surface area contributed by atoms with E-state index >= 15 is 0 Å². The summed E-state index contributed by atoms with van der Waals surface area (Å²) in [6, 6.07) is 6.50. The molecule has 0 aromatic heterocycles. The summed E-state index contributed by atoms with van der Waals surface area (Å²) in [5, 5.41) is 32.6. The van der Waals surface area contributed by atoms with Crippen molar-refractivity contribution in [2.75, 3.05) is 34.2 Å². The van der Waals surface area contributed by atoms with Crippen molar-refractivity contribution in [1.82, 2.24) is 0 Å². The molecule has 3 saturated heterocycles. The summed E-state index contributed by atoms with van der Waals surface area (Å²) in [6.45, 7) is 1.75. The molecule has 0 bridgehead atoms. The Balaban J connectivity index is 1.35. The molecule has 14 heteroatoms. The summed E-state index contributed by atoms with van der Waals surface area (Å²) in [7, 11) is 2.78. The maximum absolute atomic E-state index is 13.5. The van der Waals surface area contributed by atoms with E-state index < -0.39 is 66.4 Å². The Morgan fingerprint density at radius 2 is 1.65 bits per heavy atom. The van der Waals surface area contributed by atoms with Gasteiger partial charge in [-0.3, -0.25) is 4.79 Å². The number of esters is 1. The van der Waals surface area contributed by atoms with Gasteiger partial charge in [-0.25, -0.2) is 0 Å². The number of aromatic hydroxyl groups is 1. The van der Waals surface area contributed by atoms with Crippen molar-refractivity contribution in [2.45, 2.75) is 55.6 Å². The predicted molar refractivity (Wildman–Crippen MR) is 141 cm³/mol. The van der Waals surface area contributed by atoms with Crippen LogP contribution in [0.5, 0.6) is 28.7 Å². The molecule has 10 unspecified atom stereocenters. The van der Waals surface area contributed by atoms with Gasteiger partial charge in [0, 0.05) is 5.92 Å². The lowest BCUT2D eigenvalue weighted by molar-refractivity contribution is -0.364. The maximum Gasteiger partial charge on any atom is 0.312 e. The highest BCUT2D eigenvalue weighted by Gasteiger charge is 2.61. The van der Waals surface area contributed by atoms with E-state index in [1.54, 1.807) is 31.2 Å². The molecule has 14 nitrogen and oxygen atoms in total. The fourth-order valence-electron chi connectivity index (χ4n) is 6.87. The van der Waals surface area contributed by atoms with Crippen molar-refractivity contribution in [1.29, 1.82) is 0 Å². The van der Waals surface area contributed by atoms with Crippen LogP contribution >= 0.6 is 0 Å². The first-order valence-corrected chi connectivity index (χ1v) is 13.9. The standard InChI is InChI=1S/C29H33NO13/c1-11-37-9-20-26(41-11)23(32)24(33)28(42-20)43-25-13-6-16-17(40-10-39-16)7-15(13)29(30,21-14(25)8-38-27(21)34)12-4-18(35-2)22(31)19(5-12)36-3/h4-7,11,14,20-21,23-26,28,31-33H,8-10,30H2,1-3H3. The zero-order valence-electron chi connectivity index (χ0n) is 23.6. The van der Waals surface area contributed by atoms with Gasteiger partial charge in [-0.15, -0.1) is 0 Å². The molecule has 0 spiro atoms. The van der Waals surface area contributed by atoms with Crippen LogP contribution in [0.2, 0.25) is 0 Å². The monoisotopic (exact) mass is 603 g/mol. The Kier molecular flexibility index (Phi) is 6.85. The number of fused-ring (bicyclic) bond motifs is 4. The fourth-order valence-corrected chi connectivity index (χ4v) is 6.87. The van der Waals surface area contributed by atoms with Crippen molar-refractivity contribution >= 4 is 5.97 Å². The molecule has 0 saturated carbocycles. The van der Waals surface area contributed by atoms with Crippen molar-refractivity contribution in [3.05, 3.63) is 41.0 Å². The number of carbonyl (C=O) groups excluding carboxylic acids is 1. The second-order valence-corrected chi connectivity index (χ2v) is 11.2. The number of hydrogen-bond donors (Lipinski definition) is 4. The molecular formula is C29H33NO13. The minimum absolute atomic E-state index is 0.0186. The summed E-state index contributed by atoms with van der Waals surface area (Å²) in [5.41, 5.74) is 7.16. The highest BCUT2D eigenvalue weighted by Crippen LogP contribution is 2.58. The van der Waals surface area contributed by atoms with Gasteiger partial charge in [0.15, 0.2) is 35.6 Å². The number of carbonyl (C=O) groups is 1. The first-order chi connectivity index (χ1) is 20.6. The van der Waals surface area contributed by atoms with Crippen LogP contribution in [0.15, 0.2) is 24.3 Å². The van der Waals surface area contributed by atoms with Crippen LogP contribution in [0.3, 0.4) is 0 Å². The molecule has 2 aromatic carbocycles. The first kappa shape index (κ1) is 28.4. The summed E-state index contributed by atoms with van der Waals surface area (Å²) in [5.74, 6) is -1.42. The average molecular weight is 604 g/mol. The Labute approximate surface area is 246 Å². The molecule has 7 rings (SSSR count). The van der Waals surface area contributed by atoms with Crippen LogP contribution < -0.4 is 24.7 Å². The van der Waals surface area contributed by atoms with Gasteiger partial charge in [-0.05, 0) is 47.9 Å². The van der Waals surface area contributed by atoms with Crippen molar-refractivity contribution in [2.24, 2.45) is 17.6 Å². The number of hydrogen-bond acceptors (Lipinski definition) is 14. The number of phenols is 1. The van der Waals surface area contributed by atoms with E-state index in [-0.39, 0.29) is 37.3 Å². The summed E-state index contributed by atoms with van der Waals surface area (Å²) < 4.78 is 51.4. The third-order valence-corrected chi connectivity index (χ3v) is 9.00. The van der Waals surface area contributed by atoms with Crippen molar-refractivity contribution < 1.29 is 62.7 Å². The van der Waals surface area contributed by atoms with E-state index in [1.807, 2.05) is 0 Å². The van der Waals surface area contributed by atoms with Gasteiger partial charge >= 0.3 is 5.97 Å². The Morgan fingerprint density at radius 3 is 2.35 bits per heavy atom. The topological polar surface area (TPSA) is 187 Å². The largest absolute Gasteiger partial charge is 0.502 e. The third kappa shape index (κ3) is 4.23. The molecule has 5 N–H and O–H groups in total. The van der Waals surface area contributed by atoms with Crippen molar-refractivity contribution in [3.63, 3.8) is 0 Å². The molecule has 0 radical (unpaired) electrons. The number of aliphatic hydroxyl groups excluding tert-OH is 2. The smallest absolute Gasteiger partial charge is 0.312 e. The number of rotatable bonds is 5. The summed E-state index contributed by atoms with van der Waals surface area (Å²) in [4.78, 5) is 13.5. The van der Waals surface area contributed by atoms with Crippen LogP contribution in [0.1, 0.15) is 29.7 Å². The van der Waals surface area contributed by atoms with E-state index in [9.17, 15) is 20.1 Å². The van der Waals surface area contributed by atoms with Crippen LogP contribution in [-0.4, -0.2) is 92.5 Å². The van der Waals surface area contributed by atoms with Gasteiger partial charge in [-0.2, -0.15) is 0 Å². The molecule has 5 aliphatic rings. The van der Waals surface area contributed by atoms with Crippen molar-refractivity contribution in [3.8, 4) is 28.7 Å². The lowest BCUT2D eigenvalue weighted by Crippen LogP contribution is -2.63. The Bertz CT molecular complexity index is 1410. The van der Waals surface area contributed by atoms with Gasteiger partial charge in [0.25, 0.3) is 0 Å². The molecular weight excluding hydrogens is 570 g/mol. The number of methoxy groups -OCH3 is 2. The maximum atomic E-state index is 13.5. The van der Waals surface area contributed by atoms with E-state index in [4.69, 9.17) is 48.4 Å². The van der Waals surface area contributed by atoms with Gasteiger partial charge in [0.2, 0.25) is 12.5 Å². The number of nitrogens with two attached hydrogens (primary N) is 1. The molecule has 1 aliphatic carbocycles. The lowest BCUT2D eigenvalue weighted by atomic mass is 9.61. The third-order valence-electron chi connectivity index (χ3n) is 9.00. The molecule has 4 aliphatic heterocycles. The normalized spacial score (nSPS) is 37.6. The highest BCUT2D eigenvalue weighted by molar-refractivity contribution is 5.80. The Hall–Kier alpha value is -3.37. The summed E-state index contributed by atoms with van der Waals surface area (Å²) >= 11 is 0. The highest BCUT2D eigenvalue weighted by atomic mass is 16.8. The van der Waals surface area contributed by atoms with E-state index in [1.165, 1.54) is 14.2 Å². The van der Waals surface area contributed by atoms with Gasteiger partial charge in [-0.1, -0.05) is 0 Å². The number of phenolic OH excluding ortho intramolecular Hbond substituents is 1. The number of cyclic esters (lactones) is 1. The van der Waals surface area contributed by atoms with Crippen LogP contribution in [0.4, 0.5) is 0 Å². The average Bonchev–Trinajstić information content (AvgIpc) is 3.63. The molecule has 10 atom stereocenters. The van der Waals surface area contributed by atoms with E-state index in [0.29, 0.717) is 28.2 Å². The Morgan fingerprint density at radius 1 is 0.953 bits per heavy atom. The second kappa shape index (κ2) is 10.4. The van der Waals surface area contributed by atoms with Gasteiger partial charge < -0.3 is 63.7 Å². The number of ether oxygens (including phenoxy) is 9. The number of aliphatic hydroxyl groups is 2. The fraction of sp³-hybridized carbons (Fsp3) is 0.552. The molecule has 2 aromatic rings. The van der Waals surface area contributed by atoms with Crippen LogP contribution in [0, 0.1) is 11.8 Å². The minimum Gasteiger partial charge on any atom is -0.502 e. The molecule has 43 heavy (non-hydrogen) atoms. The molecule has 4 heterocycles. The zero-order valence-corrected chi connectivity index (χ0v) is 23.6. The molecule has 0 amide bonds. The number of benzene rings is 2. The minimum atomic E-state index is -1.54.